The van der Waals surface area contributed by atoms with Gasteiger partial charge < -0.3 is 10.6 Å². The third-order valence-corrected chi connectivity index (χ3v) is 4.45. The van der Waals surface area contributed by atoms with Gasteiger partial charge in [-0.15, -0.1) is 0 Å². The Kier molecular flexibility index (Phi) is 4.61. The van der Waals surface area contributed by atoms with Crippen LogP contribution in [0.1, 0.15) is 26.2 Å². The second-order valence-corrected chi connectivity index (χ2v) is 6.12. The summed E-state index contributed by atoms with van der Waals surface area (Å²) in [6, 6.07) is 7.93. The van der Waals surface area contributed by atoms with Gasteiger partial charge in [-0.1, -0.05) is 6.92 Å². The van der Waals surface area contributed by atoms with Crippen molar-refractivity contribution in [2.24, 2.45) is 5.41 Å². The minimum atomic E-state index is -0.235. The second kappa shape index (κ2) is 6.02. The lowest BCUT2D eigenvalue weighted by molar-refractivity contribution is -0.126. The van der Waals surface area contributed by atoms with Crippen molar-refractivity contribution in [3.8, 4) is 0 Å². The first kappa shape index (κ1) is 13.8. The fourth-order valence-corrected chi connectivity index (χ4v) is 2.78. The molecule has 2 rings (SSSR count). The largest absolute Gasteiger partial charge is 0.326 e. The van der Waals surface area contributed by atoms with Crippen LogP contribution in [0.15, 0.2) is 24.3 Å². The molecular weight excluding hydrogens is 339 g/mol. The molecule has 2 N–H and O–H groups in total. The Bertz CT molecular complexity index is 410. The van der Waals surface area contributed by atoms with Gasteiger partial charge in [0.05, 0.1) is 5.41 Å². The number of anilines is 1. The molecule has 1 aromatic carbocycles. The van der Waals surface area contributed by atoms with E-state index in [9.17, 15) is 4.79 Å². The Morgan fingerprint density at radius 2 is 2.17 bits per heavy atom. The summed E-state index contributed by atoms with van der Waals surface area (Å²) in [6.07, 6.45) is 2.94. The maximum absolute atomic E-state index is 12.5. The van der Waals surface area contributed by atoms with Crippen LogP contribution in [0.5, 0.6) is 0 Å². The molecule has 0 bridgehead atoms. The van der Waals surface area contributed by atoms with Gasteiger partial charge in [0.25, 0.3) is 0 Å². The number of benzene rings is 1. The van der Waals surface area contributed by atoms with Crippen molar-refractivity contribution in [3.05, 3.63) is 27.8 Å². The van der Waals surface area contributed by atoms with Crippen molar-refractivity contribution < 1.29 is 4.79 Å². The lowest BCUT2D eigenvalue weighted by Crippen LogP contribution is -2.47. The van der Waals surface area contributed by atoms with Crippen molar-refractivity contribution in [2.75, 3.05) is 18.4 Å². The zero-order valence-corrected chi connectivity index (χ0v) is 12.8. The third-order valence-electron chi connectivity index (χ3n) is 3.73. The van der Waals surface area contributed by atoms with E-state index in [0.717, 1.165) is 38.0 Å². The van der Waals surface area contributed by atoms with Crippen LogP contribution in [0, 0.1) is 8.99 Å². The topological polar surface area (TPSA) is 41.1 Å². The van der Waals surface area contributed by atoms with Crippen LogP contribution in [0.25, 0.3) is 0 Å². The van der Waals surface area contributed by atoms with Crippen LogP contribution in [0.4, 0.5) is 5.69 Å². The molecule has 0 saturated carbocycles. The summed E-state index contributed by atoms with van der Waals surface area (Å²) in [5.74, 6) is 0.151. The molecule has 4 heteroatoms. The number of nitrogens with one attached hydrogen (secondary N) is 2. The average molecular weight is 358 g/mol. The predicted octanol–water partition coefficient (Wildman–Crippen LogP) is 3.01. The molecule has 0 radical (unpaired) electrons. The first-order valence-corrected chi connectivity index (χ1v) is 7.52. The molecular formula is C14H19IN2O. The molecule has 0 aromatic heterocycles. The number of hydrogen-bond donors (Lipinski definition) is 2. The third kappa shape index (κ3) is 3.03. The highest BCUT2D eigenvalue weighted by molar-refractivity contribution is 14.1. The molecule has 1 amide bonds. The number of piperidine rings is 1. The SMILES string of the molecule is CCC1(C(=O)Nc2ccc(I)cc2)CCCNC1. The normalized spacial score (nSPS) is 23.7. The standard InChI is InChI=1S/C14H19IN2O/c1-2-14(8-3-9-16-10-14)13(18)17-12-6-4-11(15)5-7-12/h4-7,16H,2-3,8-10H2,1H3,(H,17,18). The van der Waals surface area contributed by atoms with Gasteiger partial charge in [-0.3, -0.25) is 4.79 Å². The van der Waals surface area contributed by atoms with Gasteiger partial charge in [0.2, 0.25) is 5.91 Å². The van der Waals surface area contributed by atoms with Gasteiger partial charge in [-0.25, -0.2) is 0 Å². The fraction of sp³-hybridized carbons (Fsp3) is 0.500. The quantitative estimate of drug-likeness (QED) is 0.816. The number of hydrogen-bond acceptors (Lipinski definition) is 2. The van der Waals surface area contributed by atoms with Crippen LogP contribution in [0.3, 0.4) is 0 Å². The van der Waals surface area contributed by atoms with Crippen molar-refractivity contribution in [1.29, 1.82) is 0 Å². The van der Waals surface area contributed by atoms with E-state index in [1.807, 2.05) is 24.3 Å². The Balaban J connectivity index is 2.07. The molecule has 1 aromatic rings. The van der Waals surface area contributed by atoms with E-state index >= 15 is 0 Å². The van der Waals surface area contributed by atoms with Crippen molar-refractivity contribution in [3.63, 3.8) is 0 Å². The minimum Gasteiger partial charge on any atom is -0.326 e. The summed E-state index contributed by atoms with van der Waals surface area (Å²) >= 11 is 2.26. The highest BCUT2D eigenvalue weighted by Crippen LogP contribution is 2.31. The zero-order chi connectivity index (χ0) is 13.0. The van der Waals surface area contributed by atoms with Crippen LogP contribution in [-0.4, -0.2) is 19.0 Å². The van der Waals surface area contributed by atoms with Crippen LogP contribution in [0.2, 0.25) is 0 Å². The van der Waals surface area contributed by atoms with Gasteiger partial charge in [0, 0.05) is 15.8 Å². The smallest absolute Gasteiger partial charge is 0.231 e. The lowest BCUT2D eigenvalue weighted by atomic mass is 9.77. The van der Waals surface area contributed by atoms with Crippen molar-refractivity contribution in [1.82, 2.24) is 5.32 Å². The summed E-state index contributed by atoms with van der Waals surface area (Å²) in [5, 5.41) is 6.39. The molecule has 1 unspecified atom stereocenters. The van der Waals surface area contributed by atoms with E-state index in [-0.39, 0.29) is 11.3 Å². The van der Waals surface area contributed by atoms with Crippen LogP contribution >= 0.6 is 22.6 Å². The molecule has 1 aliphatic rings. The van der Waals surface area contributed by atoms with E-state index in [1.165, 1.54) is 3.57 Å². The summed E-state index contributed by atoms with van der Waals surface area (Å²) in [6.45, 7) is 3.92. The zero-order valence-electron chi connectivity index (χ0n) is 10.6. The Morgan fingerprint density at radius 1 is 1.44 bits per heavy atom. The van der Waals surface area contributed by atoms with E-state index < -0.39 is 0 Å². The summed E-state index contributed by atoms with van der Waals surface area (Å²) in [7, 11) is 0. The average Bonchev–Trinajstić information content (AvgIpc) is 2.42. The maximum atomic E-state index is 12.5. The van der Waals surface area contributed by atoms with E-state index in [0.29, 0.717) is 0 Å². The highest BCUT2D eigenvalue weighted by Gasteiger charge is 2.37. The monoisotopic (exact) mass is 358 g/mol. The molecule has 1 fully saturated rings. The van der Waals surface area contributed by atoms with Crippen LogP contribution < -0.4 is 10.6 Å². The van der Waals surface area contributed by atoms with Gasteiger partial charge in [-0.05, 0) is 72.7 Å². The number of amides is 1. The minimum absolute atomic E-state index is 0.151. The molecule has 1 aliphatic heterocycles. The first-order chi connectivity index (χ1) is 8.66. The first-order valence-electron chi connectivity index (χ1n) is 6.44. The molecule has 1 saturated heterocycles. The Labute approximate surface area is 122 Å². The van der Waals surface area contributed by atoms with Gasteiger partial charge in [0.15, 0.2) is 0 Å². The molecule has 0 aliphatic carbocycles. The highest BCUT2D eigenvalue weighted by atomic mass is 127. The molecule has 18 heavy (non-hydrogen) atoms. The predicted molar refractivity (Wildman–Crippen MR) is 82.6 cm³/mol. The number of halogens is 1. The fourth-order valence-electron chi connectivity index (χ4n) is 2.42. The van der Waals surface area contributed by atoms with E-state index in [1.54, 1.807) is 0 Å². The summed E-state index contributed by atoms with van der Waals surface area (Å²) in [4.78, 5) is 12.5. The summed E-state index contributed by atoms with van der Waals surface area (Å²) < 4.78 is 1.18. The Morgan fingerprint density at radius 3 is 2.72 bits per heavy atom. The van der Waals surface area contributed by atoms with E-state index in [4.69, 9.17) is 0 Å². The van der Waals surface area contributed by atoms with Crippen molar-refractivity contribution >= 4 is 34.2 Å². The lowest BCUT2D eigenvalue weighted by Gasteiger charge is -2.35. The number of carbonyl (C=O) groups excluding carboxylic acids is 1. The van der Waals surface area contributed by atoms with Crippen LogP contribution in [-0.2, 0) is 4.79 Å². The van der Waals surface area contributed by atoms with E-state index in [2.05, 4.69) is 40.1 Å². The van der Waals surface area contributed by atoms with Gasteiger partial charge in [-0.2, -0.15) is 0 Å². The maximum Gasteiger partial charge on any atom is 0.231 e. The van der Waals surface area contributed by atoms with Gasteiger partial charge >= 0.3 is 0 Å². The molecule has 3 nitrogen and oxygen atoms in total. The van der Waals surface area contributed by atoms with Gasteiger partial charge in [0.1, 0.15) is 0 Å². The molecule has 98 valence electrons. The number of rotatable bonds is 3. The molecule has 0 spiro atoms. The second-order valence-electron chi connectivity index (χ2n) is 4.88. The Hall–Kier alpha value is -0.620. The summed E-state index contributed by atoms with van der Waals surface area (Å²) in [5.41, 5.74) is 0.653. The number of carbonyl (C=O) groups is 1. The molecule has 1 atom stereocenters. The molecule has 1 heterocycles. The van der Waals surface area contributed by atoms with Crippen molar-refractivity contribution in [2.45, 2.75) is 26.2 Å².